The Hall–Kier alpha value is -1.26. The predicted molar refractivity (Wildman–Crippen MR) is 89.5 cm³/mol. The molecular weight excluding hydrogens is 304 g/mol. The third kappa shape index (κ3) is 3.69. The van der Waals surface area contributed by atoms with Gasteiger partial charge in [0.25, 0.3) is 5.91 Å². The fourth-order valence-electron chi connectivity index (χ4n) is 2.60. The number of amidine groups is 1. The molecule has 2 aliphatic rings. The van der Waals surface area contributed by atoms with Crippen LogP contribution in [0.1, 0.15) is 37.7 Å². The van der Waals surface area contributed by atoms with Gasteiger partial charge in [-0.15, -0.1) is 0 Å². The molecule has 1 heterocycles. The van der Waals surface area contributed by atoms with Crippen LogP contribution >= 0.6 is 23.4 Å². The zero-order chi connectivity index (χ0) is 14.7. The molecule has 0 spiro atoms. The van der Waals surface area contributed by atoms with Gasteiger partial charge in [-0.25, -0.2) is 0 Å². The van der Waals surface area contributed by atoms with Gasteiger partial charge in [-0.3, -0.25) is 9.79 Å². The van der Waals surface area contributed by atoms with Crippen LogP contribution in [0.4, 0.5) is 0 Å². The highest BCUT2D eigenvalue weighted by atomic mass is 35.5. The van der Waals surface area contributed by atoms with Crippen molar-refractivity contribution in [2.45, 2.75) is 38.1 Å². The summed E-state index contributed by atoms with van der Waals surface area (Å²) in [6.07, 6.45) is 7.86. The third-order valence-corrected chi connectivity index (χ3v) is 4.99. The van der Waals surface area contributed by atoms with Crippen molar-refractivity contribution in [1.29, 1.82) is 0 Å². The number of nitrogens with zero attached hydrogens (tertiary/aromatic N) is 1. The fourth-order valence-corrected chi connectivity index (χ4v) is 3.67. The van der Waals surface area contributed by atoms with E-state index in [1.165, 1.54) is 31.0 Å². The molecule has 0 aromatic heterocycles. The van der Waals surface area contributed by atoms with Crippen molar-refractivity contribution in [3.63, 3.8) is 0 Å². The molecule has 21 heavy (non-hydrogen) atoms. The summed E-state index contributed by atoms with van der Waals surface area (Å²) >= 11 is 7.53. The van der Waals surface area contributed by atoms with Crippen LogP contribution in [0.5, 0.6) is 0 Å². The van der Waals surface area contributed by atoms with Gasteiger partial charge < -0.3 is 5.32 Å². The lowest BCUT2D eigenvalue weighted by atomic mass is 9.96. The van der Waals surface area contributed by atoms with E-state index in [4.69, 9.17) is 11.6 Å². The maximum atomic E-state index is 12.0. The van der Waals surface area contributed by atoms with E-state index in [1.54, 1.807) is 0 Å². The quantitative estimate of drug-likeness (QED) is 0.828. The molecule has 110 valence electrons. The molecular formula is C16H17ClN2OS. The minimum atomic E-state index is -0.0884. The van der Waals surface area contributed by atoms with Crippen molar-refractivity contribution in [3.05, 3.63) is 39.8 Å². The zero-order valence-corrected chi connectivity index (χ0v) is 13.2. The molecule has 0 atom stereocenters. The predicted octanol–water partition coefficient (Wildman–Crippen LogP) is 4.23. The van der Waals surface area contributed by atoms with Crippen molar-refractivity contribution in [3.8, 4) is 0 Å². The molecule has 0 bridgehead atoms. The van der Waals surface area contributed by atoms with E-state index in [-0.39, 0.29) is 5.91 Å². The number of hydrogen-bond acceptors (Lipinski definition) is 3. The standard InChI is InChI=1S/C16H17ClN2OS/c17-13-9-5-4-6-11(13)10-14-15(20)19-16(21-14)18-12-7-2-1-3-8-12/h4-6,9-10,12H,1-3,7-8H2,(H,18,19,20)/b14-10-. The number of carbonyl (C=O) groups is 1. The molecule has 1 saturated heterocycles. The van der Waals surface area contributed by atoms with E-state index >= 15 is 0 Å². The maximum absolute atomic E-state index is 12.0. The average Bonchev–Trinajstić information content (AvgIpc) is 2.82. The molecule has 3 nitrogen and oxygen atoms in total. The monoisotopic (exact) mass is 320 g/mol. The number of carbonyl (C=O) groups excluding carboxylic acids is 1. The minimum Gasteiger partial charge on any atom is -0.301 e. The molecule has 1 aliphatic carbocycles. The molecule has 1 amide bonds. The summed E-state index contributed by atoms with van der Waals surface area (Å²) in [7, 11) is 0. The van der Waals surface area contributed by atoms with Gasteiger partial charge in [0.15, 0.2) is 5.17 Å². The van der Waals surface area contributed by atoms with Gasteiger partial charge in [-0.05, 0) is 42.3 Å². The number of aliphatic imine (C=N–C) groups is 1. The smallest absolute Gasteiger partial charge is 0.264 e. The van der Waals surface area contributed by atoms with Crippen LogP contribution in [0.25, 0.3) is 6.08 Å². The number of hydrogen-bond donors (Lipinski definition) is 1. The van der Waals surface area contributed by atoms with Gasteiger partial charge in [0, 0.05) is 5.02 Å². The van der Waals surface area contributed by atoms with Crippen molar-refractivity contribution < 1.29 is 4.79 Å². The summed E-state index contributed by atoms with van der Waals surface area (Å²) < 4.78 is 0. The van der Waals surface area contributed by atoms with Crippen LogP contribution < -0.4 is 5.32 Å². The van der Waals surface area contributed by atoms with Crippen molar-refractivity contribution in [1.82, 2.24) is 5.32 Å². The Balaban J connectivity index is 1.75. The van der Waals surface area contributed by atoms with E-state index < -0.39 is 0 Å². The van der Waals surface area contributed by atoms with Gasteiger partial charge in [0.2, 0.25) is 0 Å². The van der Waals surface area contributed by atoms with Crippen LogP contribution in [0.3, 0.4) is 0 Å². The lowest BCUT2D eigenvalue weighted by Crippen LogP contribution is -2.22. The first-order valence-corrected chi connectivity index (χ1v) is 8.45. The second kappa shape index (κ2) is 6.67. The van der Waals surface area contributed by atoms with E-state index in [0.717, 1.165) is 23.6 Å². The van der Waals surface area contributed by atoms with Crippen LogP contribution in [0.2, 0.25) is 5.02 Å². The number of amides is 1. The number of thioether (sulfide) groups is 1. The minimum absolute atomic E-state index is 0.0884. The van der Waals surface area contributed by atoms with Crippen LogP contribution in [-0.4, -0.2) is 17.1 Å². The van der Waals surface area contributed by atoms with E-state index in [1.807, 2.05) is 30.3 Å². The number of halogens is 1. The molecule has 0 unspecified atom stereocenters. The molecule has 5 heteroatoms. The lowest BCUT2D eigenvalue weighted by molar-refractivity contribution is -0.115. The first kappa shape index (κ1) is 14.7. The van der Waals surface area contributed by atoms with Crippen LogP contribution in [0.15, 0.2) is 34.2 Å². The van der Waals surface area contributed by atoms with Crippen molar-refractivity contribution >= 4 is 40.5 Å². The first-order valence-electron chi connectivity index (χ1n) is 7.25. The summed E-state index contributed by atoms with van der Waals surface area (Å²) in [6, 6.07) is 7.87. The number of rotatable bonds is 2. The number of benzene rings is 1. The summed E-state index contributed by atoms with van der Waals surface area (Å²) in [5, 5.41) is 4.23. The normalized spacial score (nSPS) is 23.8. The summed E-state index contributed by atoms with van der Waals surface area (Å²) in [4.78, 5) is 17.3. The summed E-state index contributed by atoms with van der Waals surface area (Å²) in [5.41, 5.74) is 0.857. The number of nitrogens with one attached hydrogen (secondary N) is 1. The van der Waals surface area contributed by atoms with Crippen LogP contribution in [-0.2, 0) is 4.79 Å². The highest BCUT2D eigenvalue weighted by Gasteiger charge is 2.25. The average molecular weight is 321 g/mol. The third-order valence-electron chi connectivity index (χ3n) is 3.72. The largest absolute Gasteiger partial charge is 0.301 e. The Kier molecular flexibility index (Phi) is 4.66. The molecule has 3 rings (SSSR count). The molecule has 1 aromatic carbocycles. The SMILES string of the molecule is O=C1NC(=NC2CCCCC2)S/C1=C\c1ccccc1Cl. The molecule has 1 aromatic rings. The Morgan fingerprint density at radius 1 is 1.24 bits per heavy atom. The topological polar surface area (TPSA) is 41.5 Å². The Labute approximate surface area is 133 Å². The lowest BCUT2D eigenvalue weighted by Gasteiger charge is -2.17. The van der Waals surface area contributed by atoms with Crippen molar-refractivity contribution in [2.24, 2.45) is 4.99 Å². The van der Waals surface area contributed by atoms with E-state index in [2.05, 4.69) is 10.3 Å². The van der Waals surface area contributed by atoms with E-state index in [9.17, 15) is 4.79 Å². The first-order chi connectivity index (χ1) is 10.2. The second-order valence-electron chi connectivity index (χ2n) is 5.31. The van der Waals surface area contributed by atoms with E-state index in [0.29, 0.717) is 16.0 Å². The molecule has 1 saturated carbocycles. The van der Waals surface area contributed by atoms with Gasteiger partial charge in [-0.2, -0.15) is 0 Å². The van der Waals surface area contributed by atoms with Gasteiger partial charge in [0.1, 0.15) is 0 Å². The molecule has 2 fully saturated rings. The van der Waals surface area contributed by atoms with Gasteiger partial charge in [0.05, 0.1) is 10.9 Å². The molecule has 1 aliphatic heterocycles. The van der Waals surface area contributed by atoms with Gasteiger partial charge >= 0.3 is 0 Å². The maximum Gasteiger partial charge on any atom is 0.264 e. The highest BCUT2D eigenvalue weighted by Crippen LogP contribution is 2.30. The summed E-state index contributed by atoms with van der Waals surface area (Å²) in [5.74, 6) is -0.0884. The Morgan fingerprint density at radius 3 is 2.76 bits per heavy atom. The van der Waals surface area contributed by atoms with Gasteiger partial charge in [-0.1, -0.05) is 49.1 Å². The molecule has 0 radical (unpaired) electrons. The Bertz CT molecular complexity index is 606. The fraction of sp³-hybridized carbons (Fsp3) is 0.375. The zero-order valence-electron chi connectivity index (χ0n) is 11.6. The van der Waals surface area contributed by atoms with Crippen molar-refractivity contribution in [2.75, 3.05) is 0 Å². The highest BCUT2D eigenvalue weighted by molar-refractivity contribution is 8.18. The molecule has 1 N–H and O–H groups in total. The Morgan fingerprint density at radius 2 is 2.00 bits per heavy atom. The summed E-state index contributed by atoms with van der Waals surface area (Å²) in [6.45, 7) is 0. The van der Waals surface area contributed by atoms with Crippen LogP contribution in [0, 0.1) is 0 Å². The second-order valence-corrected chi connectivity index (χ2v) is 6.75.